The Kier molecular flexibility index (Phi) is 4.46. The van der Waals surface area contributed by atoms with Gasteiger partial charge in [-0.2, -0.15) is 0 Å². The van der Waals surface area contributed by atoms with Crippen LogP contribution in [0, 0.1) is 0 Å². The molecule has 0 amide bonds. The fraction of sp³-hybridized carbons (Fsp3) is 0.875. The van der Waals surface area contributed by atoms with Crippen molar-refractivity contribution >= 4 is 16.9 Å². The summed E-state index contributed by atoms with van der Waals surface area (Å²) in [6.07, 6.45) is 1.20. The average Bonchev–Trinajstić information content (AvgIpc) is 2.53. The van der Waals surface area contributed by atoms with Crippen molar-refractivity contribution in [1.29, 1.82) is 0 Å². The van der Waals surface area contributed by atoms with Crippen LogP contribution < -0.4 is 5.32 Å². The standard InChI is InChI=1S/C8H16N2OS/c1-3-7-6-10-8(12-7)9-4-5-11-2/h7H,3-6H2,1-2H3,(H,9,10). The van der Waals surface area contributed by atoms with Crippen LogP contribution in [0.2, 0.25) is 0 Å². The number of methoxy groups -OCH3 is 1. The van der Waals surface area contributed by atoms with Crippen molar-refractivity contribution < 1.29 is 4.74 Å². The lowest BCUT2D eigenvalue weighted by molar-refractivity contribution is 0.204. The molecule has 0 bridgehead atoms. The van der Waals surface area contributed by atoms with Gasteiger partial charge in [0.2, 0.25) is 0 Å². The second-order valence-electron chi connectivity index (χ2n) is 2.71. The molecule has 70 valence electrons. The summed E-state index contributed by atoms with van der Waals surface area (Å²) in [7, 11) is 1.71. The van der Waals surface area contributed by atoms with Crippen LogP contribution in [0.5, 0.6) is 0 Å². The first-order valence-electron chi connectivity index (χ1n) is 4.30. The van der Waals surface area contributed by atoms with E-state index in [9.17, 15) is 0 Å². The van der Waals surface area contributed by atoms with E-state index in [2.05, 4.69) is 17.2 Å². The van der Waals surface area contributed by atoms with Gasteiger partial charge >= 0.3 is 0 Å². The summed E-state index contributed by atoms with van der Waals surface area (Å²) in [4.78, 5) is 4.37. The third-order valence-electron chi connectivity index (χ3n) is 1.75. The molecular formula is C8H16N2OS. The fourth-order valence-electron chi connectivity index (χ4n) is 0.987. The number of hydrogen-bond acceptors (Lipinski definition) is 4. The molecule has 1 aliphatic rings. The van der Waals surface area contributed by atoms with Crippen molar-refractivity contribution in [3.63, 3.8) is 0 Å². The van der Waals surface area contributed by atoms with Gasteiger partial charge in [0.15, 0.2) is 5.17 Å². The van der Waals surface area contributed by atoms with Crippen LogP contribution in [-0.4, -0.2) is 37.2 Å². The van der Waals surface area contributed by atoms with E-state index < -0.39 is 0 Å². The van der Waals surface area contributed by atoms with Crippen LogP contribution in [0.4, 0.5) is 0 Å². The molecule has 1 N–H and O–H groups in total. The van der Waals surface area contributed by atoms with Crippen LogP contribution in [0.25, 0.3) is 0 Å². The molecule has 0 radical (unpaired) electrons. The summed E-state index contributed by atoms with van der Waals surface area (Å²) in [5.74, 6) is 0. The summed E-state index contributed by atoms with van der Waals surface area (Å²) in [5, 5.41) is 5.01. The number of hydrogen-bond donors (Lipinski definition) is 1. The zero-order valence-electron chi connectivity index (χ0n) is 7.67. The van der Waals surface area contributed by atoms with Crippen LogP contribution >= 0.6 is 11.8 Å². The highest BCUT2D eigenvalue weighted by molar-refractivity contribution is 8.14. The third-order valence-corrected chi connectivity index (χ3v) is 3.07. The minimum Gasteiger partial charge on any atom is -0.383 e. The van der Waals surface area contributed by atoms with Crippen molar-refractivity contribution in [2.75, 3.05) is 26.8 Å². The van der Waals surface area contributed by atoms with E-state index in [1.54, 1.807) is 7.11 Å². The number of aliphatic imine (C=N–C) groups is 1. The van der Waals surface area contributed by atoms with Crippen molar-refractivity contribution in [2.45, 2.75) is 18.6 Å². The van der Waals surface area contributed by atoms with E-state index >= 15 is 0 Å². The molecule has 0 aliphatic carbocycles. The Bertz CT molecular complexity index is 161. The Morgan fingerprint density at radius 2 is 2.58 bits per heavy atom. The van der Waals surface area contributed by atoms with Crippen molar-refractivity contribution in [3.8, 4) is 0 Å². The predicted octanol–water partition coefficient (Wildman–Crippen LogP) is 1.10. The molecule has 1 heterocycles. The average molecular weight is 188 g/mol. The maximum Gasteiger partial charge on any atom is 0.157 e. The van der Waals surface area contributed by atoms with Gasteiger partial charge in [-0.25, -0.2) is 0 Å². The topological polar surface area (TPSA) is 33.6 Å². The fourth-order valence-corrected chi connectivity index (χ4v) is 1.95. The first kappa shape index (κ1) is 9.86. The highest BCUT2D eigenvalue weighted by Gasteiger charge is 2.16. The van der Waals surface area contributed by atoms with Gasteiger partial charge in [0.1, 0.15) is 0 Å². The van der Waals surface area contributed by atoms with Gasteiger partial charge < -0.3 is 10.1 Å². The van der Waals surface area contributed by atoms with Crippen LogP contribution in [0.3, 0.4) is 0 Å². The molecule has 0 saturated heterocycles. The third kappa shape index (κ3) is 3.03. The molecule has 1 atom stereocenters. The van der Waals surface area contributed by atoms with Crippen molar-refractivity contribution in [3.05, 3.63) is 0 Å². The molecule has 12 heavy (non-hydrogen) atoms. The second-order valence-corrected chi connectivity index (χ2v) is 4.00. The second kappa shape index (κ2) is 5.43. The van der Waals surface area contributed by atoms with Gasteiger partial charge in [-0.1, -0.05) is 18.7 Å². The number of nitrogens with one attached hydrogen (secondary N) is 1. The molecule has 4 heteroatoms. The quantitative estimate of drug-likeness (QED) is 0.671. The van der Waals surface area contributed by atoms with E-state index in [0.29, 0.717) is 5.25 Å². The van der Waals surface area contributed by atoms with E-state index in [4.69, 9.17) is 4.74 Å². The molecule has 0 aromatic heterocycles. The molecule has 1 rings (SSSR count). The van der Waals surface area contributed by atoms with Gasteiger partial charge in [0, 0.05) is 18.9 Å². The summed E-state index contributed by atoms with van der Waals surface area (Å²) >= 11 is 1.84. The maximum atomic E-state index is 4.93. The van der Waals surface area contributed by atoms with Crippen LogP contribution in [0.1, 0.15) is 13.3 Å². The molecule has 3 nitrogen and oxygen atoms in total. The maximum absolute atomic E-state index is 4.93. The number of ether oxygens (including phenoxy) is 1. The Balaban J connectivity index is 2.10. The SMILES string of the molecule is CCC1CN=C(NCCOC)S1. The Hall–Kier alpha value is -0.220. The highest BCUT2D eigenvalue weighted by atomic mass is 32.2. The van der Waals surface area contributed by atoms with E-state index in [0.717, 1.165) is 24.9 Å². The van der Waals surface area contributed by atoms with E-state index in [1.165, 1.54) is 6.42 Å². The molecule has 0 aromatic rings. The number of rotatable bonds is 4. The van der Waals surface area contributed by atoms with Crippen LogP contribution in [0.15, 0.2) is 4.99 Å². The summed E-state index contributed by atoms with van der Waals surface area (Å²) in [6.45, 7) is 4.77. The van der Waals surface area contributed by atoms with Gasteiger partial charge in [-0.05, 0) is 6.42 Å². The minimum absolute atomic E-state index is 0.690. The normalized spacial score (nSPS) is 22.5. The molecule has 1 unspecified atom stereocenters. The van der Waals surface area contributed by atoms with Gasteiger partial charge in [0.05, 0.1) is 13.2 Å². The number of nitrogens with zero attached hydrogens (tertiary/aromatic N) is 1. The van der Waals surface area contributed by atoms with E-state index in [1.807, 2.05) is 11.8 Å². The molecule has 1 aliphatic heterocycles. The Morgan fingerprint density at radius 1 is 1.75 bits per heavy atom. The summed E-state index contributed by atoms with van der Waals surface area (Å²) < 4.78 is 4.93. The molecule has 0 fully saturated rings. The zero-order chi connectivity index (χ0) is 8.81. The van der Waals surface area contributed by atoms with Crippen LogP contribution in [-0.2, 0) is 4.74 Å². The smallest absolute Gasteiger partial charge is 0.157 e. The first-order chi connectivity index (χ1) is 5.86. The first-order valence-corrected chi connectivity index (χ1v) is 5.18. The predicted molar refractivity (Wildman–Crippen MR) is 53.9 cm³/mol. The summed E-state index contributed by atoms with van der Waals surface area (Å²) in [5.41, 5.74) is 0. The van der Waals surface area contributed by atoms with Gasteiger partial charge in [-0.3, -0.25) is 4.99 Å². The monoisotopic (exact) mass is 188 g/mol. The van der Waals surface area contributed by atoms with Crippen molar-refractivity contribution in [1.82, 2.24) is 5.32 Å². The summed E-state index contributed by atoms with van der Waals surface area (Å²) in [6, 6.07) is 0. The minimum atomic E-state index is 0.690. The van der Waals surface area contributed by atoms with E-state index in [-0.39, 0.29) is 0 Å². The molecule has 0 aromatic carbocycles. The highest BCUT2D eigenvalue weighted by Crippen LogP contribution is 2.21. The largest absolute Gasteiger partial charge is 0.383 e. The Labute approximate surface area is 78.0 Å². The lowest BCUT2D eigenvalue weighted by Gasteiger charge is -2.05. The number of amidine groups is 1. The zero-order valence-corrected chi connectivity index (χ0v) is 8.49. The Morgan fingerprint density at radius 3 is 3.17 bits per heavy atom. The number of thioether (sulfide) groups is 1. The van der Waals surface area contributed by atoms with Gasteiger partial charge in [-0.15, -0.1) is 0 Å². The molecular weight excluding hydrogens is 172 g/mol. The van der Waals surface area contributed by atoms with Gasteiger partial charge in [0.25, 0.3) is 0 Å². The molecule has 0 spiro atoms. The lowest BCUT2D eigenvalue weighted by atomic mass is 10.3. The lowest BCUT2D eigenvalue weighted by Crippen LogP contribution is -2.23. The molecule has 0 saturated carbocycles. The van der Waals surface area contributed by atoms with Crippen molar-refractivity contribution in [2.24, 2.45) is 4.99 Å².